The number of likely N-dealkylation sites (tertiary alicyclic amines) is 1. The zero-order chi connectivity index (χ0) is 19.1. The van der Waals surface area contributed by atoms with Gasteiger partial charge in [0.05, 0.1) is 6.61 Å². The molecule has 0 radical (unpaired) electrons. The first-order valence-corrected chi connectivity index (χ1v) is 10.5. The van der Waals surface area contributed by atoms with Crippen LogP contribution in [0, 0.1) is 5.92 Å². The van der Waals surface area contributed by atoms with Crippen LogP contribution < -0.4 is 10.1 Å². The van der Waals surface area contributed by atoms with Gasteiger partial charge in [0.25, 0.3) is 5.91 Å². The maximum Gasteiger partial charge on any atom is 0.253 e. The van der Waals surface area contributed by atoms with Gasteiger partial charge < -0.3 is 15.0 Å². The maximum atomic E-state index is 12.8. The van der Waals surface area contributed by atoms with E-state index >= 15 is 0 Å². The van der Waals surface area contributed by atoms with Crippen LogP contribution in [0.2, 0.25) is 0 Å². The normalized spacial score (nSPS) is 18.9. The molecule has 1 aromatic rings. The highest BCUT2D eigenvalue weighted by Crippen LogP contribution is 2.24. The molecule has 1 aliphatic carbocycles. The molecular formula is C22H32N2O3. The van der Waals surface area contributed by atoms with E-state index in [-0.39, 0.29) is 23.8 Å². The van der Waals surface area contributed by atoms with Crippen molar-refractivity contribution in [2.24, 2.45) is 5.92 Å². The molecule has 0 unspecified atom stereocenters. The third-order valence-electron chi connectivity index (χ3n) is 5.66. The molecule has 0 aromatic heterocycles. The Bertz CT molecular complexity index is 632. The van der Waals surface area contributed by atoms with Gasteiger partial charge in [-0.2, -0.15) is 0 Å². The van der Waals surface area contributed by atoms with Crippen molar-refractivity contribution in [1.29, 1.82) is 0 Å². The molecule has 1 aliphatic heterocycles. The Hall–Kier alpha value is -2.04. The van der Waals surface area contributed by atoms with Crippen LogP contribution >= 0.6 is 0 Å². The summed E-state index contributed by atoms with van der Waals surface area (Å²) in [6.07, 6.45) is 8.26. The van der Waals surface area contributed by atoms with Crippen LogP contribution in [0.5, 0.6) is 5.75 Å². The first-order valence-electron chi connectivity index (χ1n) is 10.5. The summed E-state index contributed by atoms with van der Waals surface area (Å²) < 4.78 is 5.63. The highest BCUT2D eigenvalue weighted by atomic mass is 16.5. The Labute approximate surface area is 162 Å². The van der Waals surface area contributed by atoms with Crippen molar-refractivity contribution in [1.82, 2.24) is 10.2 Å². The van der Waals surface area contributed by atoms with Gasteiger partial charge in [-0.3, -0.25) is 9.59 Å². The number of carbonyl (C=O) groups is 2. The lowest BCUT2D eigenvalue weighted by molar-refractivity contribution is -0.126. The van der Waals surface area contributed by atoms with Gasteiger partial charge in [-0.05, 0) is 50.3 Å². The summed E-state index contributed by atoms with van der Waals surface area (Å²) in [5, 5.41) is 3.22. The highest BCUT2D eigenvalue weighted by molar-refractivity contribution is 5.94. The lowest BCUT2D eigenvalue weighted by atomic mass is 9.88. The standard InChI is InChI=1S/C22H32N2O3/c1-2-15-27-20-10-6-9-18(16-20)22(26)24-13-11-19(12-14-24)23-21(25)17-7-4-3-5-8-17/h6,9-10,16-17,19H,2-5,7-8,11-15H2,1H3,(H,23,25). The molecule has 3 rings (SSSR count). The average Bonchev–Trinajstić information content (AvgIpc) is 2.73. The second-order valence-electron chi connectivity index (χ2n) is 7.79. The van der Waals surface area contributed by atoms with E-state index in [9.17, 15) is 9.59 Å². The fraction of sp³-hybridized carbons (Fsp3) is 0.636. The number of hydrogen-bond acceptors (Lipinski definition) is 3. The second-order valence-corrected chi connectivity index (χ2v) is 7.79. The molecule has 1 saturated heterocycles. The van der Waals surface area contributed by atoms with Gasteiger partial charge >= 0.3 is 0 Å². The van der Waals surface area contributed by atoms with Crippen LogP contribution in [-0.2, 0) is 4.79 Å². The van der Waals surface area contributed by atoms with Gasteiger partial charge in [0, 0.05) is 30.6 Å². The third-order valence-corrected chi connectivity index (χ3v) is 5.66. The lowest BCUT2D eigenvalue weighted by Gasteiger charge is -2.33. The molecule has 2 aliphatic rings. The van der Waals surface area contributed by atoms with E-state index in [0.717, 1.165) is 37.9 Å². The predicted molar refractivity (Wildman–Crippen MR) is 106 cm³/mol. The quantitative estimate of drug-likeness (QED) is 0.827. The summed E-state index contributed by atoms with van der Waals surface area (Å²) in [5.74, 6) is 1.22. The monoisotopic (exact) mass is 372 g/mol. The average molecular weight is 373 g/mol. The van der Waals surface area contributed by atoms with Crippen LogP contribution in [-0.4, -0.2) is 42.5 Å². The number of piperidine rings is 1. The minimum absolute atomic E-state index is 0.0500. The van der Waals surface area contributed by atoms with Gasteiger partial charge in [0.15, 0.2) is 0 Å². The van der Waals surface area contributed by atoms with Crippen LogP contribution in [0.3, 0.4) is 0 Å². The molecule has 1 saturated carbocycles. The smallest absolute Gasteiger partial charge is 0.253 e. The van der Waals surface area contributed by atoms with E-state index in [0.29, 0.717) is 25.3 Å². The molecule has 0 atom stereocenters. The fourth-order valence-electron chi connectivity index (χ4n) is 4.03. The zero-order valence-corrected chi connectivity index (χ0v) is 16.4. The van der Waals surface area contributed by atoms with E-state index in [4.69, 9.17) is 4.74 Å². The number of ether oxygens (including phenoxy) is 1. The topological polar surface area (TPSA) is 58.6 Å². The fourth-order valence-corrected chi connectivity index (χ4v) is 4.03. The molecule has 1 heterocycles. The molecule has 0 spiro atoms. The predicted octanol–water partition coefficient (Wildman–Crippen LogP) is 3.78. The number of hydrogen-bond donors (Lipinski definition) is 1. The molecule has 5 nitrogen and oxygen atoms in total. The van der Waals surface area contributed by atoms with Crippen molar-refractivity contribution in [3.8, 4) is 5.75 Å². The Kier molecular flexibility index (Phi) is 7.13. The molecule has 1 N–H and O–H groups in total. The minimum Gasteiger partial charge on any atom is -0.494 e. The molecule has 2 fully saturated rings. The Balaban J connectivity index is 1.48. The highest BCUT2D eigenvalue weighted by Gasteiger charge is 2.27. The largest absolute Gasteiger partial charge is 0.494 e. The van der Waals surface area contributed by atoms with Crippen molar-refractivity contribution in [2.75, 3.05) is 19.7 Å². The number of rotatable bonds is 6. The molecule has 0 bridgehead atoms. The maximum absolute atomic E-state index is 12.8. The van der Waals surface area contributed by atoms with Crippen molar-refractivity contribution in [3.63, 3.8) is 0 Å². The number of carbonyl (C=O) groups excluding carboxylic acids is 2. The zero-order valence-electron chi connectivity index (χ0n) is 16.4. The van der Waals surface area contributed by atoms with Crippen molar-refractivity contribution >= 4 is 11.8 Å². The summed E-state index contributed by atoms with van der Waals surface area (Å²) in [5.41, 5.74) is 0.674. The first-order chi connectivity index (χ1) is 13.2. The van der Waals surface area contributed by atoms with E-state index in [2.05, 4.69) is 12.2 Å². The Morgan fingerprint density at radius 1 is 1.11 bits per heavy atom. The third kappa shape index (κ3) is 5.47. The van der Waals surface area contributed by atoms with Crippen LogP contribution in [0.1, 0.15) is 68.6 Å². The number of nitrogens with one attached hydrogen (secondary N) is 1. The van der Waals surface area contributed by atoms with Gasteiger partial charge in [-0.25, -0.2) is 0 Å². The number of benzene rings is 1. The molecule has 1 aromatic carbocycles. The van der Waals surface area contributed by atoms with Gasteiger partial charge in [0.2, 0.25) is 5.91 Å². The van der Waals surface area contributed by atoms with Gasteiger partial charge in [-0.1, -0.05) is 32.3 Å². The summed E-state index contributed by atoms with van der Waals surface area (Å²) >= 11 is 0. The van der Waals surface area contributed by atoms with Crippen molar-refractivity contribution in [3.05, 3.63) is 29.8 Å². The van der Waals surface area contributed by atoms with Crippen LogP contribution in [0.25, 0.3) is 0 Å². The number of amides is 2. The molecule has 2 amide bonds. The molecule has 148 valence electrons. The Morgan fingerprint density at radius 2 is 1.85 bits per heavy atom. The minimum atomic E-state index is 0.0500. The van der Waals surface area contributed by atoms with Gasteiger partial charge in [0.1, 0.15) is 5.75 Å². The van der Waals surface area contributed by atoms with Crippen molar-refractivity contribution in [2.45, 2.75) is 64.3 Å². The van der Waals surface area contributed by atoms with Gasteiger partial charge in [-0.15, -0.1) is 0 Å². The van der Waals surface area contributed by atoms with E-state index < -0.39 is 0 Å². The van der Waals surface area contributed by atoms with E-state index in [1.807, 2.05) is 29.2 Å². The van der Waals surface area contributed by atoms with E-state index in [1.165, 1.54) is 19.3 Å². The first kappa shape index (κ1) is 19.7. The summed E-state index contributed by atoms with van der Waals surface area (Å²) in [6.45, 7) is 4.10. The molecule has 5 heteroatoms. The molecule has 27 heavy (non-hydrogen) atoms. The summed E-state index contributed by atoms with van der Waals surface area (Å²) in [6, 6.07) is 7.63. The number of nitrogens with zero attached hydrogens (tertiary/aromatic N) is 1. The molecular weight excluding hydrogens is 340 g/mol. The Morgan fingerprint density at radius 3 is 2.56 bits per heavy atom. The summed E-state index contributed by atoms with van der Waals surface area (Å²) in [7, 11) is 0. The second kappa shape index (κ2) is 9.77. The lowest BCUT2D eigenvalue weighted by Crippen LogP contribution is -2.48. The van der Waals surface area contributed by atoms with E-state index in [1.54, 1.807) is 0 Å². The van der Waals surface area contributed by atoms with Crippen molar-refractivity contribution < 1.29 is 14.3 Å². The summed E-state index contributed by atoms with van der Waals surface area (Å²) in [4.78, 5) is 27.1. The SMILES string of the molecule is CCCOc1cccc(C(=O)N2CCC(NC(=O)C3CCCCC3)CC2)c1. The van der Waals surface area contributed by atoms with Crippen LogP contribution in [0.15, 0.2) is 24.3 Å². The van der Waals surface area contributed by atoms with Crippen LogP contribution in [0.4, 0.5) is 0 Å².